The predicted octanol–water partition coefficient (Wildman–Crippen LogP) is 6.79. The first-order chi connectivity index (χ1) is 17.3. The van der Waals surface area contributed by atoms with Gasteiger partial charge in [-0.05, 0) is 29.8 Å². The lowest BCUT2D eigenvalue weighted by molar-refractivity contribution is 0.478. The molecule has 0 saturated carbocycles. The molecule has 0 fully saturated rings. The summed E-state index contributed by atoms with van der Waals surface area (Å²) in [5, 5.41) is 11.6. The first-order valence-electron chi connectivity index (χ1n) is 11.3. The van der Waals surface area contributed by atoms with E-state index in [1.165, 1.54) is 0 Å². The monoisotopic (exact) mass is 452 g/mol. The number of pyridine rings is 1. The Bertz CT molecular complexity index is 1590. The topological polar surface area (TPSA) is 71.8 Å². The third kappa shape index (κ3) is 4.00. The Kier molecular flexibility index (Phi) is 5.20. The fourth-order valence-corrected chi connectivity index (χ4v) is 4.20. The van der Waals surface area contributed by atoms with Crippen LogP contribution in [0.25, 0.3) is 56.2 Å². The molecule has 0 atom stereocenters. The first kappa shape index (κ1) is 20.7. The molecule has 6 aromatic rings. The number of rotatable bonds is 4. The molecule has 166 valence electrons. The number of hydrogen-bond donors (Lipinski definition) is 1. The number of benzene rings is 4. The van der Waals surface area contributed by atoms with Crippen LogP contribution in [0.4, 0.5) is 0 Å². The maximum Gasteiger partial charge on any atom is 0.164 e. The Morgan fingerprint density at radius 2 is 1.06 bits per heavy atom. The van der Waals surface area contributed by atoms with Gasteiger partial charge in [-0.3, -0.25) is 4.98 Å². The summed E-state index contributed by atoms with van der Waals surface area (Å²) >= 11 is 0. The number of phenolic OH excluding ortho intramolecular Hbond substituents is 1. The van der Waals surface area contributed by atoms with Gasteiger partial charge in [-0.25, -0.2) is 15.0 Å². The van der Waals surface area contributed by atoms with E-state index in [1.54, 1.807) is 12.3 Å². The molecule has 1 N–H and O–H groups in total. The van der Waals surface area contributed by atoms with Crippen molar-refractivity contribution in [3.63, 3.8) is 0 Å². The summed E-state index contributed by atoms with van der Waals surface area (Å²) in [4.78, 5) is 18.8. The average Bonchev–Trinajstić information content (AvgIpc) is 2.94. The molecule has 0 aliphatic rings. The molecule has 5 nitrogen and oxygen atoms in total. The molecule has 0 spiro atoms. The summed E-state index contributed by atoms with van der Waals surface area (Å²) in [5.41, 5.74) is 5.09. The molecule has 0 bridgehead atoms. The highest BCUT2D eigenvalue weighted by Gasteiger charge is 2.15. The average molecular weight is 453 g/mol. The van der Waals surface area contributed by atoms with Gasteiger partial charge in [0, 0.05) is 33.8 Å². The summed E-state index contributed by atoms with van der Waals surface area (Å²) < 4.78 is 0. The van der Waals surface area contributed by atoms with Crippen molar-refractivity contribution in [2.45, 2.75) is 0 Å². The lowest BCUT2D eigenvalue weighted by Crippen LogP contribution is -2.00. The Balaban J connectivity index is 1.54. The molecule has 2 aromatic heterocycles. The number of phenols is 1. The number of hydrogen-bond acceptors (Lipinski definition) is 5. The molecular formula is C30H20N4O. The summed E-state index contributed by atoms with van der Waals surface area (Å²) in [6.07, 6.45) is 1.75. The molecule has 35 heavy (non-hydrogen) atoms. The SMILES string of the molecule is Oc1ccc2ncccc2c1-c1cccc(-c2nc(-c3ccccc3)nc(-c3ccccc3)n2)c1. The van der Waals surface area contributed by atoms with Crippen LogP contribution in [0.5, 0.6) is 5.75 Å². The fourth-order valence-electron chi connectivity index (χ4n) is 4.20. The lowest BCUT2D eigenvalue weighted by atomic mass is 9.97. The Hall–Kier alpha value is -4.90. The molecule has 0 amide bonds. The Morgan fingerprint density at radius 1 is 0.486 bits per heavy atom. The first-order valence-corrected chi connectivity index (χ1v) is 11.3. The minimum absolute atomic E-state index is 0.202. The van der Waals surface area contributed by atoms with Crippen molar-refractivity contribution in [1.82, 2.24) is 19.9 Å². The van der Waals surface area contributed by atoms with E-state index in [1.807, 2.05) is 103 Å². The van der Waals surface area contributed by atoms with Crippen molar-refractivity contribution in [3.05, 3.63) is 115 Å². The summed E-state index contributed by atoms with van der Waals surface area (Å²) in [6, 6.07) is 35.0. The fraction of sp³-hybridized carbons (Fsp3) is 0. The smallest absolute Gasteiger partial charge is 0.164 e. The normalized spacial score (nSPS) is 11.0. The van der Waals surface area contributed by atoms with Crippen LogP contribution in [0, 0.1) is 0 Å². The quantitative estimate of drug-likeness (QED) is 0.319. The highest BCUT2D eigenvalue weighted by Crippen LogP contribution is 2.37. The molecule has 0 aliphatic heterocycles. The molecule has 0 aliphatic carbocycles. The van der Waals surface area contributed by atoms with Crippen molar-refractivity contribution in [2.24, 2.45) is 0 Å². The van der Waals surface area contributed by atoms with E-state index in [2.05, 4.69) is 4.98 Å². The summed E-state index contributed by atoms with van der Waals surface area (Å²) in [6.45, 7) is 0. The number of aromatic nitrogens is 4. The molecular weight excluding hydrogens is 432 g/mol. The van der Waals surface area contributed by atoms with Crippen LogP contribution in [0.15, 0.2) is 115 Å². The van der Waals surface area contributed by atoms with E-state index in [0.717, 1.165) is 38.7 Å². The number of aromatic hydroxyl groups is 1. The van der Waals surface area contributed by atoms with Gasteiger partial charge < -0.3 is 5.11 Å². The van der Waals surface area contributed by atoms with E-state index in [0.29, 0.717) is 17.5 Å². The van der Waals surface area contributed by atoms with Gasteiger partial charge >= 0.3 is 0 Å². The van der Waals surface area contributed by atoms with Gasteiger partial charge in [0.25, 0.3) is 0 Å². The zero-order valence-electron chi connectivity index (χ0n) is 18.7. The predicted molar refractivity (Wildman–Crippen MR) is 139 cm³/mol. The van der Waals surface area contributed by atoms with Crippen LogP contribution in [0.3, 0.4) is 0 Å². The van der Waals surface area contributed by atoms with Crippen LogP contribution >= 0.6 is 0 Å². The van der Waals surface area contributed by atoms with Crippen LogP contribution in [0.2, 0.25) is 0 Å². The van der Waals surface area contributed by atoms with E-state index in [4.69, 9.17) is 15.0 Å². The van der Waals surface area contributed by atoms with Crippen LogP contribution < -0.4 is 0 Å². The number of fused-ring (bicyclic) bond motifs is 1. The maximum absolute atomic E-state index is 10.7. The Labute approximate surface area is 202 Å². The van der Waals surface area contributed by atoms with Crippen molar-refractivity contribution >= 4 is 10.9 Å². The molecule has 2 heterocycles. The zero-order valence-corrected chi connectivity index (χ0v) is 18.7. The second kappa shape index (κ2) is 8.80. The summed E-state index contributed by atoms with van der Waals surface area (Å²) in [7, 11) is 0. The Morgan fingerprint density at radius 3 is 1.71 bits per heavy atom. The molecule has 0 unspecified atom stereocenters. The van der Waals surface area contributed by atoms with Crippen LogP contribution in [-0.4, -0.2) is 25.0 Å². The second-order valence-electron chi connectivity index (χ2n) is 8.15. The lowest BCUT2D eigenvalue weighted by Gasteiger charge is -2.11. The molecule has 4 aromatic carbocycles. The highest BCUT2D eigenvalue weighted by atomic mass is 16.3. The second-order valence-corrected chi connectivity index (χ2v) is 8.15. The van der Waals surface area contributed by atoms with Crippen molar-refractivity contribution < 1.29 is 5.11 Å². The van der Waals surface area contributed by atoms with Crippen LogP contribution in [0.1, 0.15) is 0 Å². The standard InChI is InChI=1S/C30H20N4O/c35-26-17-16-25-24(15-8-18-31-25)27(26)22-13-7-14-23(19-22)30-33-28(20-9-3-1-4-10-20)32-29(34-30)21-11-5-2-6-12-21/h1-19,35H. The van der Waals surface area contributed by atoms with Gasteiger partial charge in [0.15, 0.2) is 17.5 Å². The van der Waals surface area contributed by atoms with Crippen molar-refractivity contribution in [3.8, 4) is 51.0 Å². The molecule has 6 rings (SSSR count). The molecule has 0 saturated heterocycles. The largest absolute Gasteiger partial charge is 0.507 e. The molecule has 0 radical (unpaired) electrons. The summed E-state index contributed by atoms with van der Waals surface area (Å²) in [5.74, 6) is 1.99. The van der Waals surface area contributed by atoms with Gasteiger partial charge in [0.1, 0.15) is 5.75 Å². The van der Waals surface area contributed by atoms with Crippen molar-refractivity contribution in [2.75, 3.05) is 0 Å². The van der Waals surface area contributed by atoms with E-state index < -0.39 is 0 Å². The van der Waals surface area contributed by atoms with E-state index in [-0.39, 0.29) is 5.75 Å². The van der Waals surface area contributed by atoms with E-state index >= 15 is 0 Å². The van der Waals surface area contributed by atoms with Crippen molar-refractivity contribution in [1.29, 1.82) is 0 Å². The maximum atomic E-state index is 10.7. The third-order valence-electron chi connectivity index (χ3n) is 5.87. The van der Waals surface area contributed by atoms with Gasteiger partial charge in [-0.15, -0.1) is 0 Å². The minimum Gasteiger partial charge on any atom is -0.507 e. The van der Waals surface area contributed by atoms with Gasteiger partial charge in [-0.2, -0.15) is 0 Å². The highest BCUT2D eigenvalue weighted by molar-refractivity contribution is 5.98. The van der Waals surface area contributed by atoms with E-state index in [9.17, 15) is 5.11 Å². The minimum atomic E-state index is 0.202. The third-order valence-corrected chi connectivity index (χ3v) is 5.87. The zero-order chi connectivity index (χ0) is 23.6. The van der Waals surface area contributed by atoms with Crippen LogP contribution in [-0.2, 0) is 0 Å². The van der Waals surface area contributed by atoms with Gasteiger partial charge in [-0.1, -0.05) is 84.9 Å². The van der Waals surface area contributed by atoms with Gasteiger partial charge in [0.2, 0.25) is 0 Å². The number of nitrogens with zero attached hydrogens (tertiary/aromatic N) is 4. The van der Waals surface area contributed by atoms with Gasteiger partial charge in [0.05, 0.1) is 5.52 Å². The molecule has 5 heteroatoms.